The van der Waals surface area contributed by atoms with Gasteiger partial charge in [-0.2, -0.15) is 5.10 Å². The van der Waals surface area contributed by atoms with Crippen LogP contribution in [0.5, 0.6) is 0 Å². The number of amides is 1. The van der Waals surface area contributed by atoms with E-state index in [-0.39, 0.29) is 5.91 Å². The molecular weight excluding hydrogens is 282 g/mol. The Hall–Kier alpha value is -0.840. The molecule has 1 heterocycles. The van der Waals surface area contributed by atoms with Crippen molar-refractivity contribution in [2.45, 2.75) is 26.7 Å². The van der Waals surface area contributed by atoms with Crippen LogP contribution in [0, 0.1) is 19.3 Å². The van der Waals surface area contributed by atoms with Crippen molar-refractivity contribution in [1.82, 2.24) is 15.1 Å². The summed E-state index contributed by atoms with van der Waals surface area (Å²) in [5, 5.41) is 8.25. The van der Waals surface area contributed by atoms with Crippen molar-refractivity contribution in [2.75, 3.05) is 11.9 Å². The SMILES string of the molecule is Cc1nn(C)c(C)c1C(=O)NCC1(CBr)CC1. The van der Waals surface area contributed by atoms with Gasteiger partial charge in [0.1, 0.15) is 0 Å². The Bertz CT molecular complexity index is 449. The minimum Gasteiger partial charge on any atom is -0.351 e. The van der Waals surface area contributed by atoms with Crippen molar-refractivity contribution >= 4 is 21.8 Å². The van der Waals surface area contributed by atoms with E-state index in [1.165, 1.54) is 12.8 Å². The number of rotatable bonds is 4. The zero-order valence-corrected chi connectivity index (χ0v) is 12.1. The van der Waals surface area contributed by atoms with Crippen LogP contribution in [0.3, 0.4) is 0 Å². The van der Waals surface area contributed by atoms with Crippen LogP contribution in [0.4, 0.5) is 0 Å². The maximum atomic E-state index is 12.1. The number of hydrogen-bond donors (Lipinski definition) is 1. The van der Waals surface area contributed by atoms with Gasteiger partial charge in [0.25, 0.3) is 5.91 Å². The molecule has 0 aromatic carbocycles. The topological polar surface area (TPSA) is 46.9 Å². The van der Waals surface area contributed by atoms with Crippen LogP contribution in [0.2, 0.25) is 0 Å². The van der Waals surface area contributed by atoms with Crippen molar-refractivity contribution in [3.63, 3.8) is 0 Å². The first-order valence-electron chi connectivity index (χ1n) is 5.83. The van der Waals surface area contributed by atoms with Crippen LogP contribution in [-0.2, 0) is 7.05 Å². The molecule has 1 aliphatic rings. The van der Waals surface area contributed by atoms with Crippen molar-refractivity contribution in [3.05, 3.63) is 17.0 Å². The average molecular weight is 300 g/mol. The Morgan fingerprint density at radius 2 is 2.18 bits per heavy atom. The summed E-state index contributed by atoms with van der Waals surface area (Å²) in [4.78, 5) is 12.1. The molecule has 0 spiro atoms. The fourth-order valence-corrected chi connectivity index (χ4v) is 2.75. The van der Waals surface area contributed by atoms with Crippen molar-refractivity contribution in [3.8, 4) is 0 Å². The summed E-state index contributed by atoms with van der Waals surface area (Å²) in [5.74, 6) is 0.000301. The summed E-state index contributed by atoms with van der Waals surface area (Å²) in [6, 6.07) is 0. The Balaban J connectivity index is 2.05. The van der Waals surface area contributed by atoms with Crippen molar-refractivity contribution < 1.29 is 4.79 Å². The highest BCUT2D eigenvalue weighted by Crippen LogP contribution is 2.46. The average Bonchev–Trinajstić information content (AvgIpc) is 3.02. The summed E-state index contributed by atoms with van der Waals surface area (Å²) < 4.78 is 1.75. The summed E-state index contributed by atoms with van der Waals surface area (Å²) >= 11 is 3.51. The number of nitrogens with zero attached hydrogens (tertiary/aromatic N) is 2. The highest BCUT2D eigenvalue weighted by Gasteiger charge is 2.41. The minimum atomic E-state index is 0.000301. The smallest absolute Gasteiger partial charge is 0.255 e. The maximum Gasteiger partial charge on any atom is 0.255 e. The molecule has 0 bridgehead atoms. The zero-order valence-electron chi connectivity index (χ0n) is 10.5. The second kappa shape index (κ2) is 4.44. The Morgan fingerprint density at radius 3 is 2.59 bits per heavy atom. The molecule has 1 N–H and O–H groups in total. The third-order valence-electron chi connectivity index (χ3n) is 3.60. The van der Waals surface area contributed by atoms with Gasteiger partial charge in [0.15, 0.2) is 0 Å². The summed E-state index contributed by atoms with van der Waals surface area (Å²) in [6.45, 7) is 4.55. The van der Waals surface area contributed by atoms with Gasteiger partial charge in [0, 0.05) is 24.6 Å². The quantitative estimate of drug-likeness (QED) is 0.864. The van der Waals surface area contributed by atoms with E-state index in [2.05, 4.69) is 26.3 Å². The first kappa shape index (κ1) is 12.6. The van der Waals surface area contributed by atoms with Crippen LogP contribution in [-0.4, -0.2) is 27.6 Å². The predicted molar refractivity (Wildman–Crippen MR) is 70.5 cm³/mol. The van der Waals surface area contributed by atoms with Crippen LogP contribution in [0.25, 0.3) is 0 Å². The lowest BCUT2D eigenvalue weighted by atomic mass is 10.1. The van der Waals surface area contributed by atoms with E-state index >= 15 is 0 Å². The fraction of sp³-hybridized carbons (Fsp3) is 0.667. The van der Waals surface area contributed by atoms with Crippen LogP contribution >= 0.6 is 15.9 Å². The Morgan fingerprint density at radius 1 is 1.53 bits per heavy atom. The standard InChI is InChI=1S/C12H18BrN3O/c1-8-10(9(2)16(3)15-8)11(17)14-7-12(6-13)4-5-12/h4-7H2,1-3H3,(H,14,17). The lowest BCUT2D eigenvalue weighted by molar-refractivity contribution is 0.0945. The highest BCUT2D eigenvalue weighted by atomic mass is 79.9. The molecule has 94 valence electrons. The molecule has 5 heteroatoms. The number of carbonyl (C=O) groups is 1. The third-order valence-corrected chi connectivity index (χ3v) is 4.79. The molecule has 4 nitrogen and oxygen atoms in total. The van der Waals surface area contributed by atoms with E-state index in [1.807, 2.05) is 20.9 Å². The molecule has 0 unspecified atom stereocenters. The number of aromatic nitrogens is 2. The van der Waals surface area contributed by atoms with Gasteiger partial charge < -0.3 is 5.32 Å². The van der Waals surface area contributed by atoms with Crippen LogP contribution in [0.1, 0.15) is 34.6 Å². The molecule has 0 aliphatic heterocycles. The van der Waals surface area contributed by atoms with Gasteiger partial charge in [-0.1, -0.05) is 15.9 Å². The molecule has 1 fully saturated rings. The second-order valence-corrected chi connectivity index (χ2v) is 5.55. The molecule has 1 aliphatic carbocycles. The molecule has 17 heavy (non-hydrogen) atoms. The third kappa shape index (κ3) is 2.39. The molecule has 0 radical (unpaired) electrons. The Kier molecular flexibility index (Phi) is 3.30. The van der Waals surface area contributed by atoms with E-state index in [0.717, 1.165) is 28.8 Å². The van der Waals surface area contributed by atoms with Crippen molar-refractivity contribution in [1.29, 1.82) is 0 Å². The van der Waals surface area contributed by atoms with Gasteiger partial charge in [-0.3, -0.25) is 9.48 Å². The van der Waals surface area contributed by atoms with Gasteiger partial charge in [0.2, 0.25) is 0 Å². The number of hydrogen-bond acceptors (Lipinski definition) is 2. The molecule has 1 aromatic rings. The second-order valence-electron chi connectivity index (χ2n) is 4.99. The van der Waals surface area contributed by atoms with E-state index < -0.39 is 0 Å². The zero-order chi connectivity index (χ0) is 12.6. The van der Waals surface area contributed by atoms with Crippen molar-refractivity contribution in [2.24, 2.45) is 12.5 Å². The molecule has 0 saturated heterocycles. The molecule has 2 rings (SSSR count). The van der Waals surface area contributed by atoms with Gasteiger partial charge in [-0.25, -0.2) is 0 Å². The molecular formula is C12H18BrN3O. The maximum absolute atomic E-state index is 12.1. The van der Waals surface area contributed by atoms with E-state index in [9.17, 15) is 4.79 Å². The summed E-state index contributed by atoms with van der Waals surface area (Å²) in [6.07, 6.45) is 2.40. The monoisotopic (exact) mass is 299 g/mol. The molecule has 1 aromatic heterocycles. The van der Waals surface area contributed by atoms with Crippen LogP contribution < -0.4 is 5.32 Å². The molecule has 1 saturated carbocycles. The first-order chi connectivity index (χ1) is 7.99. The largest absolute Gasteiger partial charge is 0.351 e. The normalized spacial score (nSPS) is 16.9. The number of nitrogens with one attached hydrogen (secondary N) is 1. The fourth-order valence-electron chi connectivity index (χ4n) is 1.99. The van der Waals surface area contributed by atoms with E-state index in [4.69, 9.17) is 0 Å². The molecule has 1 amide bonds. The number of alkyl halides is 1. The summed E-state index contributed by atoms with van der Waals surface area (Å²) in [5.41, 5.74) is 2.74. The van der Waals surface area contributed by atoms with Gasteiger partial charge in [0.05, 0.1) is 11.3 Å². The molecule has 0 atom stereocenters. The van der Waals surface area contributed by atoms with E-state index in [0.29, 0.717) is 5.41 Å². The van der Waals surface area contributed by atoms with Gasteiger partial charge >= 0.3 is 0 Å². The van der Waals surface area contributed by atoms with Gasteiger partial charge in [-0.15, -0.1) is 0 Å². The Labute approximate surface area is 110 Å². The lowest BCUT2D eigenvalue weighted by Crippen LogP contribution is -2.31. The van der Waals surface area contributed by atoms with E-state index in [1.54, 1.807) is 4.68 Å². The number of carbonyl (C=O) groups excluding carboxylic acids is 1. The lowest BCUT2D eigenvalue weighted by Gasteiger charge is -2.12. The summed E-state index contributed by atoms with van der Waals surface area (Å²) in [7, 11) is 1.86. The van der Waals surface area contributed by atoms with Gasteiger partial charge in [-0.05, 0) is 32.1 Å². The highest BCUT2D eigenvalue weighted by molar-refractivity contribution is 9.09. The predicted octanol–water partition coefficient (Wildman–Crippen LogP) is 1.94. The number of halogens is 1. The van der Waals surface area contributed by atoms with Crippen LogP contribution in [0.15, 0.2) is 0 Å². The minimum absolute atomic E-state index is 0.000301. The first-order valence-corrected chi connectivity index (χ1v) is 6.96. The number of aryl methyl sites for hydroxylation is 2.